The lowest BCUT2D eigenvalue weighted by Gasteiger charge is -2.32. The second kappa shape index (κ2) is 8.12. The number of hydrogen-bond acceptors (Lipinski definition) is 4. The van der Waals surface area contributed by atoms with Gasteiger partial charge in [-0.25, -0.2) is 0 Å². The molecule has 1 aromatic heterocycles. The van der Waals surface area contributed by atoms with Crippen LogP contribution in [-0.4, -0.2) is 54.8 Å². The molecule has 5 nitrogen and oxygen atoms in total. The molecule has 0 radical (unpaired) electrons. The van der Waals surface area contributed by atoms with Gasteiger partial charge in [0.05, 0.1) is 0 Å². The molecular weight excluding hydrogens is 322 g/mol. The van der Waals surface area contributed by atoms with Crippen LogP contribution in [0.15, 0.2) is 11.4 Å². The number of fused-ring (bicyclic) bond motifs is 1. The number of carbonyl (C=O) groups excluding carboxylic acids is 2. The Balaban J connectivity index is 1.41. The lowest BCUT2D eigenvalue weighted by molar-refractivity contribution is -0.138. The maximum Gasteiger partial charge on any atom is 0.223 e. The number of thiophene rings is 1. The fourth-order valence-corrected chi connectivity index (χ4v) is 4.56. The molecule has 1 N–H and O–H groups in total. The first-order valence-corrected chi connectivity index (χ1v) is 9.80. The molecule has 0 unspecified atom stereocenters. The zero-order valence-corrected chi connectivity index (χ0v) is 15.2. The Kier molecular flexibility index (Phi) is 5.89. The molecule has 3 heterocycles. The van der Waals surface area contributed by atoms with Crippen LogP contribution in [0.3, 0.4) is 0 Å². The van der Waals surface area contributed by atoms with Gasteiger partial charge in [0.25, 0.3) is 0 Å². The zero-order valence-electron chi connectivity index (χ0n) is 14.4. The molecule has 0 atom stereocenters. The second-order valence-electron chi connectivity index (χ2n) is 6.82. The predicted molar refractivity (Wildman–Crippen MR) is 95.9 cm³/mol. The van der Waals surface area contributed by atoms with Crippen molar-refractivity contribution in [3.63, 3.8) is 0 Å². The Bertz CT molecular complexity index is 579. The third-order valence-electron chi connectivity index (χ3n) is 5.17. The van der Waals surface area contributed by atoms with E-state index in [1.54, 1.807) is 11.3 Å². The maximum atomic E-state index is 12.4. The standard InChI is InChI=1S/C18H27N3O2S/c1-19-12-14-4-8-20(9-5-14)17(22)2-3-18(23)21-10-6-16-15(13-21)7-11-24-16/h7,11,14,19H,2-6,8-10,12-13H2,1H3. The third kappa shape index (κ3) is 4.16. The third-order valence-corrected chi connectivity index (χ3v) is 6.20. The van der Waals surface area contributed by atoms with Gasteiger partial charge in [-0.3, -0.25) is 9.59 Å². The van der Waals surface area contributed by atoms with E-state index in [4.69, 9.17) is 0 Å². The number of piperidine rings is 1. The molecule has 2 aliphatic rings. The molecule has 1 aromatic rings. The minimum Gasteiger partial charge on any atom is -0.343 e. The minimum atomic E-state index is 0.116. The average molecular weight is 350 g/mol. The van der Waals surface area contributed by atoms with Crippen molar-refractivity contribution in [2.75, 3.05) is 33.2 Å². The summed E-state index contributed by atoms with van der Waals surface area (Å²) < 4.78 is 0. The molecule has 2 amide bonds. The van der Waals surface area contributed by atoms with Gasteiger partial charge in [0.15, 0.2) is 0 Å². The van der Waals surface area contributed by atoms with Crippen molar-refractivity contribution < 1.29 is 9.59 Å². The molecule has 0 saturated carbocycles. The van der Waals surface area contributed by atoms with Crippen LogP contribution in [0.1, 0.15) is 36.1 Å². The normalized spacial score (nSPS) is 18.5. The smallest absolute Gasteiger partial charge is 0.223 e. The molecule has 2 aliphatic heterocycles. The largest absolute Gasteiger partial charge is 0.343 e. The fraction of sp³-hybridized carbons (Fsp3) is 0.667. The summed E-state index contributed by atoms with van der Waals surface area (Å²) in [4.78, 5) is 30.0. The minimum absolute atomic E-state index is 0.116. The molecular formula is C18H27N3O2S. The lowest BCUT2D eigenvalue weighted by atomic mass is 9.96. The van der Waals surface area contributed by atoms with Crippen molar-refractivity contribution >= 4 is 23.2 Å². The summed E-state index contributed by atoms with van der Waals surface area (Å²) in [6.07, 6.45) is 3.77. The van der Waals surface area contributed by atoms with Gasteiger partial charge in [0, 0.05) is 43.9 Å². The Morgan fingerprint density at radius 2 is 1.88 bits per heavy atom. The van der Waals surface area contributed by atoms with Gasteiger partial charge >= 0.3 is 0 Å². The molecule has 0 aliphatic carbocycles. The van der Waals surface area contributed by atoms with Crippen LogP contribution in [0, 0.1) is 5.92 Å². The quantitative estimate of drug-likeness (QED) is 0.883. The van der Waals surface area contributed by atoms with Crippen molar-refractivity contribution in [3.8, 4) is 0 Å². The first-order valence-electron chi connectivity index (χ1n) is 8.92. The monoisotopic (exact) mass is 349 g/mol. The highest BCUT2D eigenvalue weighted by Gasteiger charge is 2.25. The lowest BCUT2D eigenvalue weighted by Crippen LogP contribution is -2.41. The van der Waals surface area contributed by atoms with Crippen molar-refractivity contribution in [3.05, 3.63) is 21.9 Å². The molecule has 0 bridgehead atoms. The Labute approximate surface area is 148 Å². The van der Waals surface area contributed by atoms with E-state index in [0.29, 0.717) is 25.3 Å². The zero-order chi connectivity index (χ0) is 16.9. The highest BCUT2D eigenvalue weighted by Crippen LogP contribution is 2.24. The van der Waals surface area contributed by atoms with Crippen molar-refractivity contribution in [1.82, 2.24) is 15.1 Å². The maximum absolute atomic E-state index is 12.4. The average Bonchev–Trinajstić information content (AvgIpc) is 3.08. The Morgan fingerprint density at radius 1 is 1.17 bits per heavy atom. The summed E-state index contributed by atoms with van der Waals surface area (Å²) in [7, 11) is 1.97. The van der Waals surface area contributed by atoms with E-state index in [-0.39, 0.29) is 11.8 Å². The van der Waals surface area contributed by atoms with Crippen molar-refractivity contribution in [2.24, 2.45) is 5.92 Å². The first kappa shape index (κ1) is 17.4. The number of nitrogens with one attached hydrogen (secondary N) is 1. The molecule has 6 heteroatoms. The summed E-state index contributed by atoms with van der Waals surface area (Å²) in [5.41, 5.74) is 1.28. The number of rotatable bonds is 5. The molecule has 132 valence electrons. The van der Waals surface area contributed by atoms with Gasteiger partial charge in [-0.1, -0.05) is 0 Å². The fourth-order valence-electron chi connectivity index (χ4n) is 3.67. The summed E-state index contributed by atoms with van der Waals surface area (Å²) in [6, 6.07) is 2.11. The number of carbonyl (C=O) groups is 2. The predicted octanol–water partition coefficient (Wildman–Crippen LogP) is 1.87. The number of amides is 2. The van der Waals surface area contributed by atoms with E-state index in [1.807, 2.05) is 16.8 Å². The summed E-state index contributed by atoms with van der Waals surface area (Å²) in [5.74, 6) is 0.929. The van der Waals surface area contributed by atoms with Crippen LogP contribution in [0.4, 0.5) is 0 Å². The molecule has 1 saturated heterocycles. The van der Waals surface area contributed by atoms with E-state index in [9.17, 15) is 9.59 Å². The van der Waals surface area contributed by atoms with Gasteiger partial charge < -0.3 is 15.1 Å². The van der Waals surface area contributed by atoms with E-state index in [1.165, 1.54) is 10.4 Å². The van der Waals surface area contributed by atoms with Crippen LogP contribution in [-0.2, 0) is 22.6 Å². The van der Waals surface area contributed by atoms with Crippen LogP contribution < -0.4 is 5.32 Å². The Hall–Kier alpha value is -1.40. The topological polar surface area (TPSA) is 52.7 Å². The van der Waals surface area contributed by atoms with Gasteiger partial charge in [0.1, 0.15) is 0 Å². The van der Waals surface area contributed by atoms with Crippen LogP contribution >= 0.6 is 11.3 Å². The highest BCUT2D eigenvalue weighted by atomic mass is 32.1. The van der Waals surface area contributed by atoms with Crippen molar-refractivity contribution in [2.45, 2.75) is 38.6 Å². The van der Waals surface area contributed by atoms with Gasteiger partial charge in [-0.05, 0) is 55.8 Å². The summed E-state index contributed by atoms with van der Waals surface area (Å²) in [5, 5.41) is 5.31. The number of nitrogens with zero attached hydrogens (tertiary/aromatic N) is 2. The SMILES string of the molecule is CNCC1CCN(C(=O)CCC(=O)N2CCc3sccc3C2)CC1. The van der Waals surface area contributed by atoms with Crippen LogP contribution in [0.25, 0.3) is 0 Å². The van der Waals surface area contributed by atoms with E-state index in [0.717, 1.165) is 45.4 Å². The second-order valence-corrected chi connectivity index (χ2v) is 7.82. The number of hydrogen-bond donors (Lipinski definition) is 1. The summed E-state index contributed by atoms with van der Waals surface area (Å²) in [6.45, 7) is 4.19. The molecule has 3 rings (SSSR count). The Morgan fingerprint density at radius 3 is 2.58 bits per heavy atom. The molecule has 0 spiro atoms. The van der Waals surface area contributed by atoms with Gasteiger partial charge in [0.2, 0.25) is 11.8 Å². The first-order chi connectivity index (χ1) is 11.7. The number of likely N-dealkylation sites (tertiary alicyclic amines) is 1. The highest BCUT2D eigenvalue weighted by molar-refractivity contribution is 7.10. The molecule has 0 aromatic carbocycles. The van der Waals surface area contributed by atoms with Gasteiger partial charge in [-0.15, -0.1) is 11.3 Å². The molecule has 24 heavy (non-hydrogen) atoms. The van der Waals surface area contributed by atoms with E-state index >= 15 is 0 Å². The van der Waals surface area contributed by atoms with E-state index in [2.05, 4.69) is 16.8 Å². The van der Waals surface area contributed by atoms with Crippen LogP contribution in [0.5, 0.6) is 0 Å². The van der Waals surface area contributed by atoms with Crippen LogP contribution in [0.2, 0.25) is 0 Å². The summed E-state index contributed by atoms with van der Waals surface area (Å²) >= 11 is 1.78. The molecule has 1 fully saturated rings. The van der Waals surface area contributed by atoms with Gasteiger partial charge in [-0.2, -0.15) is 0 Å². The van der Waals surface area contributed by atoms with E-state index < -0.39 is 0 Å². The van der Waals surface area contributed by atoms with Crippen molar-refractivity contribution in [1.29, 1.82) is 0 Å².